The van der Waals surface area contributed by atoms with E-state index in [2.05, 4.69) is 5.32 Å². The molecule has 0 atom stereocenters. The number of nitrogens with two attached hydrogens (primary N) is 1. The lowest BCUT2D eigenvalue weighted by molar-refractivity contribution is 0.100. The van der Waals surface area contributed by atoms with Gasteiger partial charge in [0.2, 0.25) is 5.91 Å². The number of benzene rings is 2. The molecular formula is C15H14ClFN2O. The third-order valence-electron chi connectivity index (χ3n) is 3.07. The Kier molecular flexibility index (Phi) is 4.25. The van der Waals surface area contributed by atoms with Crippen LogP contribution in [-0.2, 0) is 6.54 Å². The zero-order chi connectivity index (χ0) is 14.7. The Labute approximate surface area is 121 Å². The highest BCUT2D eigenvalue weighted by molar-refractivity contribution is 6.31. The van der Waals surface area contributed by atoms with Crippen LogP contribution in [0.25, 0.3) is 0 Å². The SMILES string of the molecule is Cc1c(F)cccc1NCc1ccc(C(N)=O)cc1Cl. The Balaban J connectivity index is 2.15. The number of rotatable bonds is 4. The first kappa shape index (κ1) is 14.3. The normalized spacial score (nSPS) is 10.3. The number of carbonyl (C=O) groups is 1. The van der Waals surface area contributed by atoms with E-state index in [1.54, 1.807) is 31.2 Å². The van der Waals surface area contributed by atoms with Crippen LogP contribution in [0.1, 0.15) is 21.5 Å². The van der Waals surface area contributed by atoms with Crippen LogP contribution in [-0.4, -0.2) is 5.91 Å². The quantitative estimate of drug-likeness (QED) is 0.906. The van der Waals surface area contributed by atoms with Crippen LogP contribution in [0.15, 0.2) is 36.4 Å². The maximum atomic E-state index is 13.4. The van der Waals surface area contributed by atoms with E-state index in [1.807, 2.05) is 0 Å². The summed E-state index contributed by atoms with van der Waals surface area (Å²) in [4.78, 5) is 11.0. The fourth-order valence-corrected chi connectivity index (χ4v) is 2.08. The number of anilines is 1. The van der Waals surface area contributed by atoms with Crippen molar-refractivity contribution in [2.45, 2.75) is 13.5 Å². The number of nitrogens with one attached hydrogen (secondary N) is 1. The van der Waals surface area contributed by atoms with Gasteiger partial charge in [-0.2, -0.15) is 0 Å². The molecule has 20 heavy (non-hydrogen) atoms. The average molecular weight is 293 g/mol. The Bertz CT molecular complexity index is 658. The van der Waals surface area contributed by atoms with E-state index in [0.29, 0.717) is 28.4 Å². The molecule has 1 amide bonds. The van der Waals surface area contributed by atoms with Crippen LogP contribution in [0.2, 0.25) is 5.02 Å². The maximum absolute atomic E-state index is 13.4. The van der Waals surface area contributed by atoms with Gasteiger partial charge in [-0.25, -0.2) is 4.39 Å². The Morgan fingerprint density at radius 2 is 2.10 bits per heavy atom. The Morgan fingerprint density at radius 1 is 1.35 bits per heavy atom. The van der Waals surface area contributed by atoms with E-state index in [-0.39, 0.29) is 5.82 Å². The van der Waals surface area contributed by atoms with Crippen molar-refractivity contribution < 1.29 is 9.18 Å². The largest absolute Gasteiger partial charge is 0.381 e. The van der Waals surface area contributed by atoms with Crippen molar-refractivity contribution >= 4 is 23.2 Å². The standard InChI is InChI=1S/C15H14ClFN2O/c1-9-13(17)3-2-4-14(9)19-8-11-6-5-10(15(18)20)7-12(11)16/h2-7,19H,8H2,1H3,(H2,18,20). The first-order valence-corrected chi connectivity index (χ1v) is 6.44. The molecule has 3 N–H and O–H groups in total. The molecule has 0 aliphatic heterocycles. The topological polar surface area (TPSA) is 55.1 Å². The van der Waals surface area contributed by atoms with Gasteiger partial charge in [0, 0.05) is 28.4 Å². The minimum Gasteiger partial charge on any atom is -0.381 e. The van der Waals surface area contributed by atoms with E-state index in [4.69, 9.17) is 17.3 Å². The van der Waals surface area contributed by atoms with Gasteiger partial charge in [-0.1, -0.05) is 23.7 Å². The van der Waals surface area contributed by atoms with Crippen LogP contribution in [0.5, 0.6) is 0 Å². The number of hydrogen-bond acceptors (Lipinski definition) is 2. The molecule has 0 fully saturated rings. The predicted octanol–water partition coefficient (Wildman–Crippen LogP) is 3.50. The van der Waals surface area contributed by atoms with Crippen molar-refractivity contribution in [3.05, 3.63) is 63.9 Å². The number of carbonyl (C=O) groups excluding carboxylic acids is 1. The van der Waals surface area contributed by atoms with Crippen molar-refractivity contribution in [1.29, 1.82) is 0 Å². The smallest absolute Gasteiger partial charge is 0.248 e. The lowest BCUT2D eigenvalue weighted by atomic mass is 10.1. The first-order chi connectivity index (χ1) is 9.49. The van der Waals surface area contributed by atoms with Gasteiger partial charge >= 0.3 is 0 Å². The molecule has 0 aliphatic carbocycles. The molecule has 0 saturated heterocycles. The Morgan fingerprint density at radius 3 is 2.75 bits per heavy atom. The van der Waals surface area contributed by atoms with Crippen LogP contribution in [0.4, 0.5) is 10.1 Å². The minimum absolute atomic E-state index is 0.259. The number of hydrogen-bond donors (Lipinski definition) is 2. The third kappa shape index (κ3) is 3.08. The second kappa shape index (κ2) is 5.92. The molecule has 0 spiro atoms. The fourth-order valence-electron chi connectivity index (χ4n) is 1.83. The molecule has 3 nitrogen and oxygen atoms in total. The molecule has 0 aromatic heterocycles. The lowest BCUT2D eigenvalue weighted by Gasteiger charge is -2.11. The summed E-state index contributed by atoms with van der Waals surface area (Å²) in [5.74, 6) is -0.780. The highest BCUT2D eigenvalue weighted by atomic mass is 35.5. The second-order valence-corrected chi connectivity index (χ2v) is 4.84. The zero-order valence-electron chi connectivity index (χ0n) is 10.9. The highest BCUT2D eigenvalue weighted by Crippen LogP contribution is 2.22. The molecule has 5 heteroatoms. The van der Waals surface area contributed by atoms with E-state index < -0.39 is 5.91 Å². The summed E-state index contributed by atoms with van der Waals surface area (Å²) in [5.41, 5.74) is 7.61. The molecule has 104 valence electrons. The van der Waals surface area contributed by atoms with Crippen LogP contribution < -0.4 is 11.1 Å². The highest BCUT2D eigenvalue weighted by Gasteiger charge is 2.07. The minimum atomic E-state index is -0.521. The lowest BCUT2D eigenvalue weighted by Crippen LogP contribution is -2.11. The van der Waals surface area contributed by atoms with E-state index in [1.165, 1.54) is 12.1 Å². The fraction of sp³-hybridized carbons (Fsp3) is 0.133. The van der Waals surface area contributed by atoms with Crippen LogP contribution in [0, 0.1) is 12.7 Å². The number of amides is 1. The summed E-state index contributed by atoms with van der Waals surface area (Å²) < 4.78 is 13.4. The molecule has 0 saturated carbocycles. The summed E-state index contributed by atoms with van der Waals surface area (Å²) in [5, 5.41) is 3.57. The van der Waals surface area contributed by atoms with Gasteiger partial charge in [0.05, 0.1) is 0 Å². The van der Waals surface area contributed by atoms with E-state index in [0.717, 1.165) is 5.56 Å². The number of primary amides is 1. The van der Waals surface area contributed by atoms with Gasteiger partial charge in [0.15, 0.2) is 0 Å². The second-order valence-electron chi connectivity index (χ2n) is 4.44. The average Bonchev–Trinajstić information content (AvgIpc) is 2.41. The van der Waals surface area contributed by atoms with Crippen molar-refractivity contribution in [1.82, 2.24) is 0 Å². The number of halogens is 2. The van der Waals surface area contributed by atoms with Crippen molar-refractivity contribution in [2.75, 3.05) is 5.32 Å². The Hall–Kier alpha value is -2.07. The van der Waals surface area contributed by atoms with Gasteiger partial charge in [-0.15, -0.1) is 0 Å². The summed E-state index contributed by atoms with van der Waals surface area (Å²) in [6.45, 7) is 2.14. The van der Waals surface area contributed by atoms with Gasteiger partial charge in [0.25, 0.3) is 0 Å². The summed E-state index contributed by atoms with van der Waals surface area (Å²) >= 11 is 6.09. The molecule has 0 radical (unpaired) electrons. The first-order valence-electron chi connectivity index (χ1n) is 6.06. The molecule has 0 bridgehead atoms. The molecule has 2 aromatic rings. The van der Waals surface area contributed by atoms with Gasteiger partial charge in [-0.3, -0.25) is 4.79 Å². The molecule has 2 rings (SSSR count). The third-order valence-corrected chi connectivity index (χ3v) is 3.43. The van der Waals surface area contributed by atoms with Gasteiger partial charge < -0.3 is 11.1 Å². The van der Waals surface area contributed by atoms with Gasteiger partial charge in [0.1, 0.15) is 5.82 Å². The van der Waals surface area contributed by atoms with Crippen molar-refractivity contribution in [2.24, 2.45) is 5.73 Å². The summed E-state index contributed by atoms with van der Waals surface area (Å²) in [6.07, 6.45) is 0. The van der Waals surface area contributed by atoms with Crippen molar-refractivity contribution in [3.8, 4) is 0 Å². The molecule has 0 heterocycles. The van der Waals surface area contributed by atoms with Gasteiger partial charge in [-0.05, 0) is 36.8 Å². The molecule has 0 unspecified atom stereocenters. The van der Waals surface area contributed by atoms with Crippen LogP contribution >= 0.6 is 11.6 Å². The van der Waals surface area contributed by atoms with Crippen molar-refractivity contribution in [3.63, 3.8) is 0 Å². The molecule has 2 aromatic carbocycles. The van der Waals surface area contributed by atoms with E-state index in [9.17, 15) is 9.18 Å². The maximum Gasteiger partial charge on any atom is 0.248 e. The predicted molar refractivity (Wildman–Crippen MR) is 78.4 cm³/mol. The monoisotopic (exact) mass is 292 g/mol. The molecular weight excluding hydrogens is 279 g/mol. The molecule has 0 aliphatic rings. The van der Waals surface area contributed by atoms with Crippen LogP contribution in [0.3, 0.4) is 0 Å². The summed E-state index contributed by atoms with van der Waals surface area (Å²) in [7, 11) is 0. The van der Waals surface area contributed by atoms with E-state index >= 15 is 0 Å². The zero-order valence-corrected chi connectivity index (χ0v) is 11.7. The summed E-state index contributed by atoms with van der Waals surface area (Å²) in [6, 6.07) is 9.72.